The highest BCUT2D eigenvalue weighted by Crippen LogP contribution is 2.33. The summed E-state index contributed by atoms with van der Waals surface area (Å²) in [5.74, 6) is -0.715. The van der Waals surface area contributed by atoms with Gasteiger partial charge >= 0.3 is 6.18 Å². The SMILES string of the molecule is O=C(c1ccccc1C(F)(F)F)c1cccnc1Br. The lowest BCUT2D eigenvalue weighted by Crippen LogP contribution is -2.14. The maximum Gasteiger partial charge on any atom is 0.417 e. The van der Waals surface area contributed by atoms with Gasteiger partial charge in [-0.1, -0.05) is 18.2 Å². The third-order valence-corrected chi connectivity index (χ3v) is 3.11. The van der Waals surface area contributed by atoms with Gasteiger partial charge < -0.3 is 0 Å². The van der Waals surface area contributed by atoms with E-state index < -0.39 is 17.5 Å². The normalized spacial score (nSPS) is 11.4. The molecule has 0 unspecified atom stereocenters. The van der Waals surface area contributed by atoms with Crippen LogP contribution in [0, 0.1) is 0 Å². The second-order valence-corrected chi connectivity index (χ2v) is 4.47. The van der Waals surface area contributed by atoms with Crippen LogP contribution in [0.1, 0.15) is 21.5 Å². The van der Waals surface area contributed by atoms with Crippen molar-refractivity contribution in [1.82, 2.24) is 4.98 Å². The van der Waals surface area contributed by atoms with Gasteiger partial charge in [0.1, 0.15) is 4.60 Å². The van der Waals surface area contributed by atoms with Crippen molar-refractivity contribution < 1.29 is 18.0 Å². The lowest BCUT2D eigenvalue weighted by molar-refractivity contribution is -0.137. The van der Waals surface area contributed by atoms with E-state index in [4.69, 9.17) is 0 Å². The van der Waals surface area contributed by atoms with Crippen LogP contribution in [-0.2, 0) is 6.18 Å². The summed E-state index contributed by atoms with van der Waals surface area (Å²) < 4.78 is 38.8. The van der Waals surface area contributed by atoms with Crippen LogP contribution in [0.5, 0.6) is 0 Å². The van der Waals surface area contributed by atoms with Crippen LogP contribution in [0.4, 0.5) is 13.2 Å². The van der Waals surface area contributed by atoms with Gasteiger partial charge in [-0.15, -0.1) is 0 Å². The van der Waals surface area contributed by atoms with Gasteiger partial charge in [0.25, 0.3) is 0 Å². The molecule has 0 N–H and O–H groups in total. The van der Waals surface area contributed by atoms with Crippen molar-refractivity contribution in [3.05, 3.63) is 63.9 Å². The standard InChI is InChI=1S/C13H7BrF3NO/c14-12-9(5-3-7-18-12)11(19)8-4-1-2-6-10(8)13(15,16)17/h1-7H. The molecule has 98 valence electrons. The van der Waals surface area contributed by atoms with Crippen LogP contribution >= 0.6 is 15.9 Å². The molecule has 1 aromatic heterocycles. The number of carbonyl (C=O) groups is 1. The number of aromatic nitrogens is 1. The number of rotatable bonds is 2. The summed E-state index contributed by atoms with van der Waals surface area (Å²) >= 11 is 3.06. The van der Waals surface area contributed by atoms with Crippen LogP contribution in [0.2, 0.25) is 0 Å². The number of halogens is 4. The predicted molar refractivity (Wildman–Crippen MR) is 66.8 cm³/mol. The molecule has 1 aromatic carbocycles. The van der Waals surface area contributed by atoms with Crippen LogP contribution in [-0.4, -0.2) is 10.8 Å². The number of ketones is 1. The highest BCUT2D eigenvalue weighted by atomic mass is 79.9. The molecule has 0 saturated heterocycles. The molecular formula is C13H7BrF3NO. The van der Waals surface area contributed by atoms with E-state index >= 15 is 0 Å². The van der Waals surface area contributed by atoms with Crippen LogP contribution in [0.15, 0.2) is 47.2 Å². The Morgan fingerprint density at radius 3 is 2.32 bits per heavy atom. The summed E-state index contributed by atoms with van der Waals surface area (Å²) in [6.45, 7) is 0. The first kappa shape index (κ1) is 13.7. The molecule has 0 aliphatic carbocycles. The van der Waals surface area contributed by atoms with Crippen molar-refractivity contribution in [3.8, 4) is 0 Å². The van der Waals surface area contributed by atoms with E-state index in [1.165, 1.54) is 30.5 Å². The first-order valence-corrected chi connectivity index (χ1v) is 6.02. The average molecular weight is 330 g/mol. The number of pyridine rings is 1. The van der Waals surface area contributed by atoms with Crippen molar-refractivity contribution in [3.63, 3.8) is 0 Å². The molecule has 0 radical (unpaired) electrons. The summed E-state index contributed by atoms with van der Waals surface area (Å²) in [7, 11) is 0. The van der Waals surface area contributed by atoms with E-state index in [1.54, 1.807) is 0 Å². The van der Waals surface area contributed by atoms with Crippen molar-refractivity contribution in [2.24, 2.45) is 0 Å². The first-order valence-electron chi connectivity index (χ1n) is 5.22. The van der Waals surface area contributed by atoms with Crippen molar-refractivity contribution >= 4 is 21.7 Å². The Bertz CT molecular complexity index is 625. The van der Waals surface area contributed by atoms with E-state index in [1.807, 2.05) is 0 Å². The molecular weight excluding hydrogens is 323 g/mol. The molecule has 0 saturated carbocycles. The van der Waals surface area contributed by atoms with Gasteiger partial charge in [-0.25, -0.2) is 4.98 Å². The largest absolute Gasteiger partial charge is 0.417 e. The van der Waals surface area contributed by atoms with Crippen molar-refractivity contribution in [1.29, 1.82) is 0 Å². The van der Waals surface area contributed by atoms with E-state index in [0.717, 1.165) is 12.1 Å². The zero-order chi connectivity index (χ0) is 14.0. The van der Waals surface area contributed by atoms with Gasteiger partial charge in [-0.2, -0.15) is 13.2 Å². The van der Waals surface area contributed by atoms with E-state index in [2.05, 4.69) is 20.9 Å². The topological polar surface area (TPSA) is 30.0 Å². The molecule has 6 heteroatoms. The molecule has 0 amide bonds. The molecule has 0 atom stereocenters. The van der Waals surface area contributed by atoms with Crippen molar-refractivity contribution in [2.75, 3.05) is 0 Å². The lowest BCUT2D eigenvalue weighted by atomic mass is 9.99. The van der Waals surface area contributed by atoms with E-state index in [9.17, 15) is 18.0 Å². The average Bonchev–Trinajstić information content (AvgIpc) is 2.37. The second kappa shape index (κ2) is 5.13. The number of hydrogen-bond acceptors (Lipinski definition) is 2. The third-order valence-electron chi connectivity index (χ3n) is 2.48. The summed E-state index contributed by atoms with van der Waals surface area (Å²) in [5.41, 5.74) is -1.24. The minimum atomic E-state index is -4.57. The van der Waals surface area contributed by atoms with E-state index in [-0.39, 0.29) is 15.7 Å². The number of carbonyl (C=O) groups excluding carboxylic acids is 1. The van der Waals surface area contributed by atoms with Crippen molar-refractivity contribution in [2.45, 2.75) is 6.18 Å². The van der Waals surface area contributed by atoms with Crippen LogP contribution < -0.4 is 0 Å². The maximum atomic E-state index is 12.8. The molecule has 0 aliphatic heterocycles. The summed E-state index contributed by atoms with van der Waals surface area (Å²) in [6.07, 6.45) is -3.13. The Labute approximate surface area is 115 Å². The second-order valence-electron chi connectivity index (χ2n) is 3.71. The van der Waals surface area contributed by atoms with Gasteiger partial charge in [0.15, 0.2) is 5.78 Å². The van der Waals surface area contributed by atoms with Crippen LogP contribution in [0.3, 0.4) is 0 Å². The summed E-state index contributed by atoms with van der Waals surface area (Å²) in [4.78, 5) is 16.0. The highest BCUT2D eigenvalue weighted by Gasteiger charge is 2.35. The fourth-order valence-electron chi connectivity index (χ4n) is 1.63. The summed E-state index contributed by atoms with van der Waals surface area (Å²) in [6, 6.07) is 7.60. The van der Waals surface area contributed by atoms with Gasteiger partial charge in [0.05, 0.1) is 11.1 Å². The fourth-order valence-corrected chi connectivity index (χ4v) is 2.06. The van der Waals surface area contributed by atoms with Gasteiger partial charge in [0.2, 0.25) is 0 Å². The Hall–Kier alpha value is -1.69. The van der Waals surface area contributed by atoms with E-state index in [0.29, 0.717) is 0 Å². The molecule has 0 fully saturated rings. The number of alkyl halides is 3. The minimum absolute atomic E-state index is 0.0965. The smallest absolute Gasteiger partial charge is 0.288 e. The summed E-state index contributed by atoms with van der Waals surface area (Å²) in [5, 5.41) is 0. The Kier molecular flexibility index (Phi) is 3.71. The third kappa shape index (κ3) is 2.84. The number of benzene rings is 1. The number of hydrogen-bond donors (Lipinski definition) is 0. The van der Waals surface area contributed by atoms with Crippen LogP contribution in [0.25, 0.3) is 0 Å². The monoisotopic (exact) mass is 329 g/mol. The zero-order valence-corrected chi connectivity index (χ0v) is 11.0. The molecule has 0 spiro atoms. The fraction of sp³-hybridized carbons (Fsp3) is 0.0769. The molecule has 1 heterocycles. The molecule has 2 rings (SSSR count). The molecule has 0 aliphatic rings. The molecule has 19 heavy (non-hydrogen) atoms. The van der Waals surface area contributed by atoms with Gasteiger partial charge in [-0.05, 0) is 34.1 Å². The van der Waals surface area contributed by atoms with Gasteiger partial charge in [0, 0.05) is 11.8 Å². The molecule has 2 aromatic rings. The molecule has 0 bridgehead atoms. The highest BCUT2D eigenvalue weighted by molar-refractivity contribution is 9.10. The number of nitrogens with zero attached hydrogens (tertiary/aromatic N) is 1. The first-order chi connectivity index (χ1) is 8.91. The molecule has 2 nitrogen and oxygen atoms in total. The minimum Gasteiger partial charge on any atom is -0.288 e. The predicted octanol–water partition coefficient (Wildman–Crippen LogP) is 4.09. The lowest BCUT2D eigenvalue weighted by Gasteiger charge is -2.12. The maximum absolute atomic E-state index is 12.8. The Morgan fingerprint density at radius 2 is 1.68 bits per heavy atom. The quantitative estimate of drug-likeness (QED) is 0.613. The zero-order valence-electron chi connectivity index (χ0n) is 9.41. The Morgan fingerprint density at radius 1 is 1.05 bits per heavy atom. The van der Waals surface area contributed by atoms with Gasteiger partial charge in [-0.3, -0.25) is 4.79 Å². The Balaban J connectivity index is 2.55.